The Bertz CT molecular complexity index is 251. The molecule has 18 heavy (non-hydrogen) atoms. The van der Waals surface area contributed by atoms with Crippen molar-refractivity contribution in [3.8, 4) is 0 Å². The molecule has 2 rings (SSSR count). The van der Waals surface area contributed by atoms with Crippen LogP contribution in [0, 0.1) is 0 Å². The van der Waals surface area contributed by atoms with Gasteiger partial charge in [-0.1, -0.05) is 26.2 Å². The van der Waals surface area contributed by atoms with Gasteiger partial charge in [-0.15, -0.1) is 0 Å². The molecule has 0 aromatic rings. The molecule has 3 nitrogen and oxygen atoms in total. The molecule has 1 saturated carbocycles. The van der Waals surface area contributed by atoms with Crippen molar-refractivity contribution in [1.29, 1.82) is 0 Å². The Morgan fingerprint density at radius 3 is 2.50 bits per heavy atom. The molecular formula is C15H30N2O. The Kier molecular flexibility index (Phi) is 5.05. The first kappa shape index (κ1) is 14.3. The lowest BCUT2D eigenvalue weighted by Gasteiger charge is -2.39. The topological polar surface area (TPSA) is 26.7 Å². The van der Waals surface area contributed by atoms with E-state index in [9.17, 15) is 5.11 Å². The standard InChI is InChI=1S/C15H30N2O/c1-3-14-12-16(2)10-7-11-17(14)13-15(18)8-5-4-6-9-15/h14,18H,3-13H2,1-2H3. The van der Waals surface area contributed by atoms with Crippen molar-refractivity contribution in [3.05, 3.63) is 0 Å². The van der Waals surface area contributed by atoms with Crippen molar-refractivity contribution in [2.24, 2.45) is 0 Å². The average Bonchev–Trinajstić information content (AvgIpc) is 2.51. The summed E-state index contributed by atoms with van der Waals surface area (Å²) < 4.78 is 0. The van der Waals surface area contributed by atoms with E-state index in [1.165, 1.54) is 38.6 Å². The van der Waals surface area contributed by atoms with Crippen molar-refractivity contribution >= 4 is 0 Å². The van der Waals surface area contributed by atoms with Gasteiger partial charge in [-0.2, -0.15) is 0 Å². The van der Waals surface area contributed by atoms with Gasteiger partial charge in [-0.05, 0) is 45.8 Å². The number of rotatable bonds is 3. The van der Waals surface area contributed by atoms with Crippen LogP contribution in [0.5, 0.6) is 0 Å². The van der Waals surface area contributed by atoms with Crippen LogP contribution in [0.3, 0.4) is 0 Å². The van der Waals surface area contributed by atoms with Gasteiger partial charge in [0.2, 0.25) is 0 Å². The lowest BCUT2D eigenvalue weighted by molar-refractivity contribution is -0.0355. The van der Waals surface area contributed by atoms with Crippen LogP contribution in [-0.4, -0.2) is 59.8 Å². The highest BCUT2D eigenvalue weighted by Crippen LogP contribution is 2.30. The van der Waals surface area contributed by atoms with E-state index in [-0.39, 0.29) is 0 Å². The van der Waals surface area contributed by atoms with Gasteiger partial charge in [-0.3, -0.25) is 4.90 Å². The van der Waals surface area contributed by atoms with E-state index >= 15 is 0 Å². The second kappa shape index (κ2) is 6.36. The van der Waals surface area contributed by atoms with Crippen LogP contribution in [0.25, 0.3) is 0 Å². The second-order valence-corrected chi connectivity index (χ2v) is 6.43. The zero-order chi connectivity index (χ0) is 13.0. The molecule has 0 bridgehead atoms. The fraction of sp³-hybridized carbons (Fsp3) is 1.00. The highest BCUT2D eigenvalue weighted by molar-refractivity contribution is 4.89. The van der Waals surface area contributed by atoms with Crippen LogP contribution in [0.4, 0.5) is 0 Å². The van der Waals surface area contributed by atoms with Crippen molar-refractivity contribution in [3.63, 3.8) is 0 Å². The van der Waals surface area contributed by atoms with Gasteiger partial charge in [0.25, 0.3) is 0 Å². The van der Waals surface area contributed by atoms with E-state index in [2.05, 4.69) is 23.8 Å². The lowest BCUT2D eigenvalue weighted by Crippen LogP contribution is -2.49. The summed E-state index contributed by atoms with van der Waals surface area (Å²) in [6.45, 7) is 6.70. The van der Waals surface area contributed by atoms with E-state index in [1.54, 1.807) is 0 Å². The predicted molar refractivity (Wildman–Crippen MR) is 75.8 cm³/mol. The summed E-state index contributed by atoms with van der Waals surface area (Å²) >= 11 is 0. The molecule has 3 heteroatoms. The summed E-state index contributed by atoms with van der Waals surface area (Å²) in [6.07, 6.45) is 8.18. The molecule has 0 radical (unpaired) electrons. The fourth-order valence-corrected chi connectivity index (χ4v) is 3.63. The van der Waals surface area contributed by atoms with Crippen LogP contribution < -0.4 is 0 Å². The maximum absolute atomic E-state index is 10.7. The molecule has 1 aliphatic carbocycles. The first-order chi connectivity index (χ1) is 8.63. The molecule has 2 aliphatic rings. The van der Waals surface area contributed by atoms with Crippen molar-refractivity contribution < 1.29 is 5.11 Å². The number of nitrogens with zero attached hydrogens (tertiary/aromatic N) is 2. The first-order valence-electron chi connectivity index (χ1n) is 7.78. The number of hydrogen-bond acceptors (Lipinski definition) is 3. The zero-order valence-corrected chi connectivity index (χ0v) is 12.2. The van der Waals surface area contributed by atoms with Crippen molar-refractivity contribution in [2.75, 3.05) is 33.2 Å². The number of aliphatic hydroxyl groups is 1. The zero-order valence-electron chi connectivity index (χ0n) is 12.2. The highest BCUT2D eigenvalue weighted by atomic mass is 16.3. The number of likely N-dealkylation sites (N-methyl/N-ethyl adjacent to an activating group) is 1. The molecule has 1 unspecified atom stereocenters. The monoisotopic (exact) mass is 254 g/mol. The smallest absolute Gasteiger partial charge is 0.0774 e. The van der Waals surface area contributed by atoms with Gasteiger partial charge in [0.1, 0.15) is 0 Å². The van der Waals surface area contributed by atoms with E-state index < -0.39 is 5.60 Å². The van der Waals surface area contributed by atoms with E-state index in [0.717, 1.165) is 32.5 Å². The number of hydrogen-bond donors (Lipinski definition) is 1. The normalized spacial score (nSPS) is 31.2. The minimum atomic E-state index is -0.394. The molecule has 0 spiro atoms. The van der Waals surface area contributed by atoms with Gasteiger partial charge in [0, 0.05) is 19.1 Å². The lowest BCUT2D eigenvalue weighted by atomic mass is 9.84. The molecule has 106 valence electrons. The van der Waals surface area contributed by atoms with E-state index in [0.29, 0.717) is 6.04 Å². The van der Waals surface area contributed by atoms with Gasteiger partial charge in [0.05, 0.1) is 5.60 Å². The molecule has 1 aliphatic heterocycles. The third-order valence-corrected chi connectivity index (χ3v) is 4.78. The van der Waals surface area contributed by atoms with Crippen molar-refractivity contribution in [1.82, 2.24) is 9.80 Å². The summed E-state index contributed by atoms with van der Waals surface area (Å²) in [4.78, 5) is 5.01. The Labute approximate surface area is 112 Å². The van der Waals surface area contributed by atoms with Gasteiger partial charge in [-0.25, -0.2) is 0 Å². The molecule has 2 fully saturated rings. The third kappa shape index (κ3) is 3.69. The molecule has 1 saturated heterocycles. The maximum Gasteiger partial charge on any atom is 0.0774 e. The van der Waals surface area contributed by atoms with Crippen LogP contribution in [-0.2, 0) is 0 Å². The molecule has 1 N–H and O–H groups in total. The molecule has 1 heterocycles. The summed E-state index contributed by atoms with van der Waals surface area (Å²) in [5, 5.41) is 10.7. The molecule has 0 aromatic carbocycles. The quantitative estimate of drug-likeness (QED) is 0.835. The van der Waals surface area contributed by atoms with Gasteiger partial charge < -0.3 is 10.0 Å². The molecule has 0 aromatic heterocycles. The summed E-state index contributed by atoms with van der Waals surface area (Å²) in [5.41, 5.74) is -0.394. The summed E-state index contributed by atoms with van der Waals surface area (Å²) in [7, 11) is 2.22. The van der Waals surface area contributed by atoms with Gasteiger partial charge in [0.15, 0.2) is 0 Å². The summed E-state index contributed by atoms with van der Waals surface area (Å²) in [5.74, 6) is 0. The van der Waals surface area contributed by atoms with Crippen molar-refractivity contribution in [2.45, 2.75) is 63.5 Å². The Morgan fingerprint density at radius 1 is 1.11 bits per heavy atom. The molecule has 0 amide bonds. The maximum atomic E-state index is 10.7. The second-order valence-electron chi connectivity index (χ2n) is 6.43. The largest absolute Gasteiger partial charge is 0.389 e. The SMILES string of the molecule is CCC1CN(C)CCCN1CC1(O)CCCCC1. The van der Waals surface area contributed by atoms with Crippen LogP contribution >= 0.6 is 0 Å². The van der Waals surface area contributed by atoms with E-state index in [4.69, 9.17) is 0 Å². The molecule has 1 atom stereocenters. The van der Waals surface area contributed by atoms with Crippen LogP contribution in [0.1, 0.15) is 51.9 Å². The predicted octanol–water partition coefficient (Wildman–Crippen LogP) is 2.10. The third-order valence-electron chi connectivity index (χ3n) is 4.78. The Balaban J connectivity index is 1.96. The Morgan fingerprint density at radius 2 is 1.83 bits per heavy atom. The van der Waals surface area contributed by atoms with Crippen LogP contribution in [0.15, 0.2) is 0 Å². The fourth-order valence-electron chi connectivity index (χ4n) is 3.63. The average molecular weight is 254 g/mol. The van der Waals surface area contributed by atoms with E-state index in [1.807, 2.05) is 0 Å². The minimum Gasteiger partial charge on any atom is -0.389 e. The first-order valence-corrected chi connectivity index (χ1v) is 7.78. The van der Waals surface area contributed by atoms with Crippen LogP contribution in [0.2, 0.25) is 0 Å². The number of β-amino-alcohol motifs (C(OH)–C–C–N with tert-alkyl or cyclic N) is 1. The molecular weight excluding hydrogens is 224 g/mol. The Hall–Kier alpha value is -0.120. The van der Waals surface area contributed by atoms with Gasteiger partial charge >= 0.3 is 0 Å². The minimum absolute atomic E-state index is 0.394. The highest BCUT2D eigenvalue weighted by Gasteiger charge is 2.34. The summed E-state index contributed by atoms with van der Waals surface area (Å²) in [6, 6.07) is 0.628.